The van der Waals surface area contributed by atoms with E-state index in [-0.39, 0.29) is 0 Å². The first kappa shape index (κ1) is 12.5. The molecule has 2 aromatic carbocycles. The molecule has 0 spiro atoms. The summed E-state index contributed by atoms with van der Waals surface area (Å²) in [6, 6.07) is 15.9. The Hall–Kier alpha value is -2.55. The van der Waals surface area contributed by atoms with Gasteiger partial charge in [-0.05, 0) is 42.3 Å². The van der Waals surface area contributed by atoms with E-state index < -0.39 is 0 Å². The molecule has 0 unspecified atom stereocenters. The summed E-state index contributed by atoms with van der Waals surface area (Å²) in [5.41, 5.74) is 9.70. The monoisotopic (exact) mass is 264 g/mol. The number of pyridine rings is 1. The maximum atomic E-state index is 5.85. The Kier molecular flexibility index (Phi) is 3.25. The Balaban J connectivity index is 1.81. The molecule has 3 heteroatoms. The van der Waals surface area contributed by atoms with Crippen LogP contribution in [0.1, 0.15) is 11.1 Å². The van der Waals surface area contributed by atoms with E-state index in [1.165, 1.54) is 0 Å². The van der Waals surface area contributed by atoms with Crippen molar-refractivity contribution >= 4 is 16.6 Å². The van der Waals surface area contributed by atoms with Gasteiger partial charge in [0, 0.05) is 23.3 Å². The summed E-state index contributed by atoms with van der Waals surface area (Å²) in [6.07, 6.45) is 1.80. The zero-order chi connectivity index (χ0) is 13.9. The van der Waals surface area contributed by atoms with E-state index in [1.807, 2.05) is 43.3 Å². The Morgan fingerprint density at radius 3 is 2.90 bits per heavy atom. The van der Waals surface area contributed by atoms with Crippen molar-refractivity contribution < 1.29 is 4.74 Å². The highest BCUT2D eigenvalue weighted by molar-refractivity contribution is 5.78. The third-order valence-corrected chi connectivity index (χ3v) is 3.27. The van der Waals surface area contributed by atoms with Crippen LogP contribution in [0.15, 0.2) is 54.7 Å². The van der Waals surface area contributed by atoms with Gasteiger partial charge in [0.1, 0.15) is 12.4 Å². The molecule has 0 aliphatic rings. The van der Waals surface area contributed by atoms with Crippen LogP contribution in [0, 0.1) is 6.92 Å². The molecule has 100 valence electrons. The first-order valence-electron chi connectivity index (χ1n) is 6.55. The van der Waals surface area contributed by atoms with Crippen molar-refractivity contribution in [1.82, 2.24) is 4.98 Å². The van der Waals surface area contributed by atoms with Crippen molar-refractivity contribution in [2.75, 3.05) is 5.73 Å². The molecule has 0 amide bonds. The molecule has 3 nitrogen and oxygen atoms in total. The van der Waals surface area contributed by atoms with Gasteiger partial charge in [0.2, 0.25) is 0 Å². The molecule has 3 aromatic rings. The highest BCUT2D eigenvalue weighted by Gasteiger charge is 2.02. The number of nitrogens with zero attached hydrogens (tertiary/aromatic N) is 1. The molecule has 0 radical (unpaired) electrons. The number of nitrogens with two attached hydrogens (primary N) is 1. The summed E-state index contributed by atoms with van der Waals surface area (Å²) in [5.74, 6) is 0.830. The van der Waals surface area contributed by atoms with Gasteiger partial charge in [-0.25, -0.2) is 0 Å². The summed E-state index contributed by atoms with van der Waals surface area (Å²) in [6.45, 7) is 2.54. The van der Waals surface area contributed by atoms with E-state index in [4.69, 9.17) is 10.5 Å². The van der Waals surface area contributed by atoms with Crippen molar-refractivity contribution in [1.29, 1.82) is 0 Å². The number of nitrogen functional groups attached to an aromatic ring is 1. The van der Waals surface area contributed by atoms with E-state index in [0.29, 0.717) is 12.3 Å². The van der Waals surface area contributed by atoms with Gasteiger partial charge in [-0.15, -0.1) is 0 Å². The second kappa shape index (κ2) is 5.21. The summed E-state index contributed by atoms with van der Waals surface area (Å²) < 4.78 is 5.85. The molecule has 0 bridgehead atoms. The third-order valence-electron chi connectivity index (χ3n) is 3.27. The van der Waals surface area contributed by atoms with E-state index >= 15 is 0 Å². The van der Waals surface area contributed by atoms with Crippen LogP contribution in [0.5, 0.6) is 5.75 Å². The Labute approximate surface area is 118 Å². The number of anilines is 1. The summed E-state index contributed by atoms with van der Waals surface area (Å²) in [4.78, 5) is 4.31. The molecule has 3 rings (SSSR count). The van der Waals surface area contributed by atoms with E-state index in [9.17, 15) is 0 Å². The lowest BCUT2D eigenvalue weighted by Crippen LogP contribution is -1.98. The van der Waals surface area contributed by atoms with Crippen LogP contribution in [0.3, 0.4) is 0 Å². The van der Waals surface area contributed by atoms with Crippen LogP contribution in [0.25, 0.3) is 10.9 Å². The molecule has 0 aliphatic heterocycles. The van der Waals surface area contributed by atoms with Crippen molar-refractivity contribution in [2.24, 2.45) is 0 Å². The maximum absolute atomic E-state index is 5.85. The normalized spacial score (nSPS) is 10.7. The van der Waals surface area contributed by atoms with Gasteiger partial charge in [0.15, 0.2) is 0 Å². The maximum Gasteiger partial charge on any atom is 0.124 e. The number of rotatable bonds is 3. The number of hydrogen-bond donors (Lipinski definition) is 1. The molecule has 0 saturated heterocycles. The van der Waals surface area contributed by atoms with Gasteiger partial charge in [-0.1, -0.05) is 18.2 Å². The fourth-order valence-corrected chi connectivity index (χ4v) is 2.15. The minimum Gasteiger partial charge on any atom is -0.489 e. The predicted molar refractivity (Wildman–Crippen MR) is 81.7 cm³/mol. The molecular weight excluding hydrogens is 248 g/mol. The van der Waals surface area contributed by atoms with Gasteiger partial charge in [0.25, 0.3) is 0 Å². The van der Waals surface area contributed by atoms with Crippen LogP contribution in [0.4, 0.5) is 5.69 Å². The average molecular weight is 264 g/mol. The lowest BCUT2D eigenvalue weighted by Gasteiger charge is -2.10. The van der Waals surface area contributed by atoms with Gasteiger partial charge in [0.05, 0.1) is 5.52 Å². The molecule has 0 fully saturated rings. The van der Waals surface area contributed by atoms with Crippen LogP contribution in [-0.4, -0.2) is 4.98 Å². The van der Waals surface area contributed by atoms with Crippen LogP contribution < -0.4 is 10.5 Å². The SMILES string of the molecule is Cc1ccc(N)cc1OCc1ccc2ncccc2c1. The Morgan fingerprint density at radius 1 is 1.10 bits per heavy atom. The highest BCUT2D eigenvalue weighted by Crippen LogP contribution is 2.22. The van der Waals surface area contributed by atoms with Crippen LogP contribution >= 0.6 is 0 Å². The summed E-state index contributed by atoms with van der Waals surface area (Å²) >= 11 is 0. The van der Waals surface area contributed by atoms with Crippen molar-refractivity contribution in [3.05, 3.63) is 65.9 Å². The number of ether oxygens (including phenoxy) is 1. The lowest BCUT2D eigenvalue weighted by atomic mass is 10.1. The second-order valence-electron chi connectivity index (χ2n) is 4.84. The van der Waals surface area contributed by atoms with Crippen LogP contribution in [-0.2, 0) is 6.61 Å². The lowest BCUT2D eigenvalue weighted by molar-refractivity contribution is 0.304. The standard InChI is InChI=1S/C17H16N2O/c1-12-4-6-15(18)10-17(12)20-11-13-5-7-16-14(9-13)3-2-8-19-16/h2-10H,11,18H2,1H3. The minimum absolute atomic E-state index is 0.523. The Morgan fingerprint density at radius 2 is 2.00 bits per heavy atom. The molecule has 20 heavy (non-hydrogen) atoms. The van der Waals surface area contributed by atoms with Crippen molar-refractivity contribution in [2.45, 2.75) is 13.5 Å². The number of hydrogen-bond acceptors (Lipinski definition) is 3. The van der Waals surface area contributed by atoms with E-state index in [1.54, 1.807) is 6.20 Å². The zero-order valence-electron chi connectivity index (χ0n) is 11.3. The summed E-state index contributed by atoms with van der Waals surface area (Å²) in [5, 5.41) is 1.12. The van der Waals surface area contributed by atoms with Crippen molar-refractivity contribution in [3.8, 4) is 5.75 Å². The highest BCUT2D eigenvalue weighted by atomic mass is 16.5. The van der Waals surface area contributed by atoms with E-state index in [0.717, 1.165) is 27.8 Å². The van der Waals surface area contributed by atoms with Gasteiger partial charge < -0.3 is 10.5 Å². The smallest absolute Gasteiger partial charge is 0.124 e. The fraction of sp³-hybridized carbons (Fsp3) is 0.118. The molecule has 0 saturated carbocycles. The first-order valence-corrected chi connectivity index (χ1v) is 6.55. The molecule has 0 atom stereocenters. The molecule has 2 N–H and O–H groups in total. The summed E-state index contributed by atoms with van der Waals surface area (Å²) in [7, 11) is 0. The zero-order valence-corrected chi connectivity index (χ0v) is 11.3. The number of fused-ring (bicyclic) bond motifs is 1. The van der Waals surface area contributed by atoms with Crippen molar-refractivity contribution in [3.63, 3.8) is 0 Å². The van der Waals surface area contributed by atoms with Gasteiger partial charge in [-0.3, -0.25) is 4.98 Å². The largest absolute Gasteiger partial charge is 0.489 e. The quantitative estimate of drug-likeness (QED) is 0.734. The first-order chi connectivity index (χ1) is 9.72. The average Bonchev–Trinajstić information content (AvgIpc) is 2.48. The van der Waals surface area contributed by atoms with Crippen LogP contribution in [0.2, 0.25) is 0 Å². The fourth-order valence-electron chi connectivity index (χ4n) is 2.15. The molecular formula is C17H16N2O. The molecule has 1 heterocycles. The molecule has 0 aliphatic carbocycles. The van der Waals surface area contributed by atoms with E-state index in [2.05, 4.69) is 17.1 Å². The molecule has 1 aromatic heterocycles. The number of aromatic nitrogens is 1. The minimum atomic E-state index is 0.523. The second-order valence-corrected chi connectivity index (χ2v) is 4.84. The van der Waals surface area contributed by atoms with Gasteiger partial charge in [-0.2, -0.15) is 0 Å². The predicted octanol–water partition coefficient (Wildman–Crippen LogP) is 3.70. The van der Waals surface area contributed by atoms with Gasteiger partial charge >= 0.3 is 0 Å². The number of aryl methyl sites for hydroxylation is 1. The Bertz CT molecular complexity index is 753. The topological polar surface area (TPSA) is 48.1 Å². The third kappa shape index (κ3) is 2.57. The number of benzene rings is 2.